The first-order chi connectivity index (χ1) is 38.8. The van der Waals surface area contributed by atoms with E-state index in [1.807, 2.05) is 92.4 Å². The van der Waals surface area contributed by atoms with Crippen molar-refractivity contribution in [3.63, 3.8) is 0 Å². The van der Waals surface area contributed by atoms with Gasteiger partial charge in [-0.1, -0.05) is 111 Å². The standard InChI is InChI=1S/C64H88N8O8/c1-43(65-3)59(73)67-57(47-23-15-9-16-24-47)63(77)71-37-33-55(79-5)53(71)41-69(35-31-45-19-11-7-12-20-45)61(75)51-29-27-50-40-52(30-28-49(50)39-51)62(76)70(36-32-46-21-13-8-14-22-46)42-54-56(80-6)34-38-72(54)64(78)58(48-25-17-10-18-26-48)68-60(74)44(2)66-4/h7-8,11-14,19-22,27-30,39-40,43-44,47-48,53-58,65-66H,9-10,15-18,23-26,31-38,41-42H2,1-6H3,(H,67,73)(H,68,74)/t43-,44-,53-,54+,55-,56-,57-,58-/m0/s1. The average molecular weight is 1100 g/mol. The Kier molecular flexibility index (Phi) is 21.7. The predicted octanol–water partition coefficient (Wildman–Crippen LogP) is 6.79. The SMILES string of the molecule is CN[C@@H](C)C(=O)N[C@H](C(=O)N1CC[C@H](OC)[C@H]1CN(CCc1ccccc1)C(=O)c1ccc2cc(C(=O)N(CCc3ccccc3)C[C@H]3[C@@H](OC)CCN3C(=O)[C@@H](NC(=O)[C@H](C)NC)C3CCCCC3)ccc2c1)C1CCCCC1. The number of fused-ring (bicyclic) bond motifs is 1. The number of benzene rings is 4. The monoisotopic (exact) mass is 1100 g/mol. The van der Waals surface area contributed by atoms with Gasteiger partial charge in [-0.15, -0.1) is 0 Å². The summed E-state index contributed by atoms with van der Waals surface area (Å²) < 4.78 is 12.2. The van der Waals surface area contributed by atoms with Crippen LogP contribution in [0.1, 0.15) is 123 Å². The van der Waals surface area contributed by atoms with Crippen molar-refractivity contribution in [2.75, 3.05) is 67.6 Å². The summed E-state index contributed by atoms with van der Waals surface area (Å²) in [4.78, 5) is 94.1. The van der Waals surface area contributed by atoms with Gasteiger partial charge in [0, 0.05) is 64.6 Å². The van der Waals surface area contributed by atoms with Crippen LogP contribution in [0.4, 0.5) is 0 Å². The number of carbonyl (C=O) groups is 6. The molecule has 16 nitrogen and oxygen atoms in total. The smallest absolute Gasteiger partial charge is 0.253 e. The molecular weight excluding hydrogens is 1010 g/mol. The minimum Gasteiger partial charge on any atom is -0.379 e. The fourth-order valence-corrected chi connectivity index (χ4v) is 12.8. The summed E-state index contributed by atoms with van der Waals surface area (Å²) in [6.45, 7) is 5.74. The van der Waals surface area contributed by atoms with E-state index in [1.54, 1.807) is 42.2 Å². The molecular formula is C64H88N8O8. The number of likely N-dealkylation sites (tertiary alicyclic amines) is 2. The van der Waals surface area contributed by atoms with Gasteiger partial charge in [0.1, 0.15) is 12.1 Å². The van der Waals surface area contributed by atoms with E-state index in [4.69, 9.17) is 9.47 Å². The van der Waals surface area contributed by atoms with Gasteiger partial charge in [-0.05, 0) is 137 Å². The van der Waals surface area contributed by atoms with Crippen LogP contribution in [0.5, 0.6) is 0 Å². The molecule has 2 aliphatic carbocycles. The summed E-state index contributed by atoms with van der Waals surface area (Å²) in [7, 11) is 6.79. The van der Waals surface area contributed by atoms with Gasteiger partial charge in [0.2, 0.25) is 23.6 Å². The fourth-order valence-electron chi connectivity index (χ4n) is 12.8. The Hall–Kier alpha value is -6.20. The highest BCUT2D eigenvalue weighted by Crippen LogP contribution is 2.33. The number of likely N-dealkylation sites (N-methyl/N-ethyl adjacent to an activating group) is 2. The third-order valence-corrected chi connectivity index (χ3v) is 17.9. The second kappa shape index (κ2) is 29.0. The van der Waals surface area contributed by atoms with Gasteiger partial charge in [0.05, 0.1) is 36.4 Å². The van der Waals surface area contributed by atoms with Gasteiger partial charge in [-0.3, -0.25) is 28.8 Å². The average Bonchev–Trinajstić information content (AvgIpc) is 4.15. The molecule has 6 amide bonds. The first-order valence-electron chi connectivity index (χ1n) is 29.6. The molecule has 0 radical (unpaired) electrons. The quantitative estimate of drug-likeness (QED) is 0.0584. The molecule has 0 unspecified atom stereocenters. The van der Waals surface area contributed by atoms with Crippen LogP contribution in [0.25, 0.3) is 10.8 Å². The highest BCUT2D eigenvalue weighted by atomic mass is 16.5. The van der Waals surface area contributed by atoms with Gasteiger partial charge in [-0.25, -0.2) is 0 Å². The van der Waals surface area contributed by atoms with Gasteiger partial charge in [0.25, 0.3) is 11.8 Å². The van der Waals surface area contributed by atoms with Crippen LogP contribution in [-0.4, -0.2) is 171 Å². The molecule has 2 saturated heterocycles. The number of nitrogens with one attached hydrogen (secondary N) is 4. The van der Waals surface area contributed by atoms with Crippen LogP contribution >= 0.6 is 0 Å². The van der Waals surface area contributed by atoms with Crippen molar-refractivity contribution in [2.24, 2.45) is 11.8 Å². The zero-order valence-electron chi connectivity index (χ0n) is 48.2. The highest BCUT2D eigenvalue weighted by Gasteiger charge is 2.46. The Bertz CT molecular complexity index is 2520. The molecule has 4 fully saturated rings. The minimum atomic E-state index is -0.682. The van der Waals surface area contributed by atoms with Crippen LogP contribution in [0.2, 0.25) is 0 Å². The number of amides is 6. The van der Waals surface area contributed by atoms with Gasteiger partial charge in [-0.2, -0.15) is 0 Å². The van der Waals surface area contributed by atoms with Crippen LogP contribution in [0.15, 0.2) is 97.1 Å². The van der Waals surface area contributed by atoms with Gasteiger partial charge >= 0.3 is 0 Å². The largest absolute Gasteiger partial charge is 0.379 e. The number of carbonyl (C=O) groups excluding carboxylic acids is 6. The molecule has 0 aromatic heterocycles. The molecule has 432 valence electrons. The summed E-state index contributed by atoms with van der Waals surface area (Å²) in [6.07, 6.45) is 11.5. The van der Waals surface area contributed by atoms with E-state index in [1.165, 1.54) is 0 Å². The Labute approximate surface area is 474 Å². The van der Waals surface area contributed by atoms with E-state index in [9.17, 15) is 19.2 Å². The van der Waals surface area contributed by atoms with Gasteiger partial charge in [0.15, 0.2) is 0 Å². The summed E-state index contributed by atoms with van der Waals surface area (Å²) in [5.41, 5.74) is 3.12. The zero-order valence-corrected chi connectivity index (χ0v) is 48.2. The summed E-state index contributed by atoms with van der Waals surface area (Å²) in [5.74, 6) is -1.02. The molecule has 2 saturated carbocycles. The van der Waals surface area contributed by atoms with Crippen molar-refractivity contribution in [1.29, 1.82) is 0 Å². The predicted molar refractivity (Wildman–Crippen MR) is 312 cm³/mol. The van der Waals surface area contributed by atoms with Crippen LogP contribution < -0.4 is 21.3 Å². The van der Waals surface area contributed by atoms with Crippen molar-refractivity contribution in [1.82, 2.24) is 40.9 Å². The van der Waals surface area contributed by atoms with Crippen molar-refractivity contribution in [3.8, 4) is 0 Å². The summed E-state index contributed by atoms with van der Waals surface area (Å²) in [5, 5.41) is 13.9. The van der Waals surface area contributed by atoms with E-state index >= 15 is 9.59 Å². The molecule has 4 aromatic rings. The number of hydrogen-bond acceptors (Lipinski definition) is 10. The Morgan fingerprint density at radius 2 is 0.900 bits per heavy atom. The third-order valence-electron chi connectivity index (χ3n) is 17.9. The lowest BCUT2D eigenvalue weighted by Gasteiger charge is -2.38. The van der Waals surface area contributed by atoms with Crippen molar-refractivity contribution in [3.05, 3.63) is 119 Å². The van der Waals surface area contributed by atoms with Crippen molar-refractivity contribution >= 4 is 46.2 Å². The lowest BCUT2D eigenvalue weighted by atomic mass is 9.83. The normalized spacial score (nSPS) is 21.4. The van der Waals surface area contributed by atoms with E-state index in [0.29, 0.717) is 63.0 Å². The molecule has 0 bridgehead atoms. The van der Waals surface area contributed by atoms with Crippen LogP contribution in [-0.2, 0) is 41.5 Å². The van der Waals surface area contributed by atoms with E-state index in [2.05, 4.69) is 45.5 Å². The lowest BCUT2D eigenvalue weighted by molar-refractivity contribution is -0.140. The minimum absolute atomic E-state index is 0.0161. The number of rotatable bonds is 24. The molecule has 16 heteroatoms. The summed E-state index contributed by atoms with van der Waals surface area (Å²) >= 11 is 0. The number of ether oxygens (including phenoxy) is 2. The molecule has 2 aliphatic heterocycles. The van der Waals surface area contributed by atoms with E-state index in [0.717, 1.165) is 86.1 Å². The van der Waals surface area contributed by atoms with Crippen molar-refractivity contribution in [2.45, 2.75) is 152 Å². The topological polar surface area (TPSA) is 182 Å². The molecule has 4 aliphatic rings. The number of methoxy groups -OCH3 is 2. The maximum atomic E-state index is 15.1. The fraction of sp³-hybridized carbons (Fsp3) is 0.562. The molecule has 8 rings (SSSR count). The van der Waals surface area contributed by atoms with Gasteiger partial charge < -0.3 is 50.3 Å². The Morgan fingerprint density at radius 1 is 0.525 bits per heavy atom. The molecule has 4 aromatic carbocycles. The third kappa shape index (κ3) is 14.8. The van der Waals surface area contributed by atoms with Crippen molar-refractivity contribution < 1.29 is 38.2 Å². The molecule has 80 heavy (non-hydrogen) atoms. The second-order valence-electron chi connectivity index (χ2n) is 22.9. The number of hydrogen-bond donors (Lipinski definition) is 4. The first-order valence-corrected chi connectivity index (χ1v) is 29.6. The van der Waals surface area contributed by atoms with Crippen LogP contribution in [0.3, 0.4) is 0 Å². The zero-order chi connectivity index (χ0) is 56.7. The highest BCUT2D eigenvalue weighted by molar-refractivity contribution is 6.02. The molecule has 2 heterocycles. The van der Waals surface area contributed by atoms with Crippen LogP contribution in [0, 0.1) is 11.8 Å². The van der Waals surface area contributed by atoms with E-state index < -0.39 is 36.3 Å². The molecule has 8 atom stereocenters. The molecule has 0 spiro atoms. The maximum absolute atomic E-state index is 15.1. The second-order valence-corrected chi connectivity index (χ2v) is 22.9. The van der Waals surface area contributed by atoms with E-state index in [-0.39, 0.29) is 72.6 Å². The molecule has 4 N–H and O–H groups in total. The lowest BCUT2D eigenvalue weighted by Crippen LogP contribution is -2.58. The first kappa shape index (κ1) is 59.9. The number of nitrogens with zero attached hydrogens (tertiary/aromatic N) is 4. The summed E-state index contributed by atoms with van der Waals surface area (Å²) in [6, 6.07) is 28.1. The Balaban J connectivity index is 1.05. The Morgan fingerprint density at radius 3 is 1.25 bits per heavy atom. The maximum Gasteiger partial charge on any atom is 0.253 e.